The second kappa shape index (κ2) is 9.68. The summed E-state index contributed by atoms with van der Waals surface area (Å²) in [5.41, 5.74) is 2.08. The molecule has 2 aromatic carbocycles. The van der Waals surface area contributed by atoms with Gasteiger partial charge in [0.15, 0.2) is 5.78 Å². The molecule has 1 aliphatic carbocycles. The number of esters is 1. The van der Waals surface area contributed by atoms with E-state index in [1.165, 1.54) is 19.3 Å². The zero-order valence-electron chi connectivity index (χ0n) is 16.9. The molecule has 0 heterocycles. The first-order chi connectivity index (χ1) is 13.6. The van der Waals surface area contributed by atoms with Gasteiger partial charge < -0.3 is 4.74 Å². The Balaban J connectivity index is 1.59. The van der Waals surface area contributed by atoms with Crippen LogP contribution >= 0.6 is 0 Å². The highest BCUT2D eigenvalue weighted by Crippen LogP contribution is 2.33. The van der Waals surface area contributed by atoms with E-state index in [9.17, 15) is 9.59 Å². The van der Waals surface area contributed by atoms with Gasteiger partial charge in [0.25, 0.3) is 0 Å². The van der Waals surface area contributed by atoms with Crippen LogP contribution in [0.2, 0.25) is 0 Å². The average molecular weight is 379 g/mol. The standard InChI is InChI=1S/C25H30O3/c1-3-4-8-19-11-13-21(14-12-19)25(27)28-23-16-15-22(17-18(23)2)24(26)20-9-6-5-7-10-20/h5-7,9-10,15-17,19,21H,3-4,8,11-14H2,1-2H3. The van der Waals surface area contributed by atoms with Crippen LogP contribution in [0.25, 0.3) is 0 Å². The molecule has 1 fully saturated rings. The molecule has 3 nitrogen and oxygen atoms in total. The third kappa shape index (κ3) is 5.09. The van der Waals surface area contributed by atoms with Gasteiger partial charge in [0.05, 0.1) is 5.92 Å². The van der Waals surface area contributed by atoms with E-state index < -0.39 is 0 Å². The summed E-state index contributed by atoms with van der Waals surface area (Å²) in [5, 5.41) is 0. The number of unbranched alkanes of at least 4 members (excludes halogenated alkanes) is 1. The minimum Gasteiger partial charge on any atom is -0.426 e. The van der Waals surface area contributed by atoms with Gasteiger partial charge in [-0.3, -0.25) is 9.59 Å². The van der Waals surface area contributed by atoms with Gasteiger partial charge in [-0.25, -0.2) is 0 Å². The molecule has 0 spiro atoms. The Labute approximate surface area is 168 Å². The molecule has 1 saturated carbocycles. The molecular formula is C25H30O3. The first-order valence-electron chi connectivity index (χ1n) is 10.5. The van der Waals surface area contributed by atoms with Crippen molar-refractivity contribution >= 4 is 11.8 Å². The van der Waals surface area contributed by atoms with Gasteiger partial charge in [-0.2, -0.15) is 0 Å². The Morgan fingerprint density at radius 3 is 2.32 bits per heavy atom. The molecule has 0 aromatic heterocycles. The molecule has 28 heavy (non-hydrogen) atoms. The summed E-state index contributed by atoms with van der Waals surface area (Å²) in [5.74, 6) is 1.19. The second-order valence-electron chi connectivity index (χ2n) is 7.96. The Bertz CT molecular complexity index is 802. The maximum absolute atomic E-state index is 12.6. The highest BCUT2D eigenvalue weighted by atomic mass is 16.5. The van der Waals surface area contributed by atoms with Gasteiger partial charge in [-0.05, 0) is 62.3 Å². The lowest BCUT2D eigenvalue weighted by molar-refractivity contribution is -0.140. The number of ether oxygens (including phenoxy) is 1. The highest BCUT2D eigenvalue weighted by molar-refractivity contribution is 6.09. The van der Waals surface area contributed by atoms with Crippen molar-refractivity contribution in [3.63, 3.8) is 0 Å². The van der Waals surface area contributed by atoms with Crippen molar-refractivity contribution in [2.75, 3.05) is 0 Å². The van der Waals surface area contributed by atoms with Crippen molar-refractivity contribution in [1.29, 1.82) is 0 Å². The first kappa shape index (κ1) is 20.3. The summed E-state index contributed by atoms with van der Waals surface area (Å²) in [6, 6.07) is 14.5. The van der Waals surface area contributed by atoms with Gasteiger partial charge >= 0.3 is 5.97 Å². The van der Waals surface area contributed by atoms with Crippen LogP contribution < -0.4 is 4.74 Å². The summed E-state index contributed by atoms with van der Waals surface area (Å²) >= 11 is 0. The Hall–Kier alpha value is -2.42. The van der Waals surface area contributed by atoms with Crippen LogP contribution in [0.15, 0.2) is 48.5 Å². The number of aryl methyl sites for hydroxylation is 1. The fraction of sp³-hybridized carbons (Fsp3) is 0.440. The summed E-state index contributed by atoms with van der Waals surface area (Å²) in [6.07, 6.45) is 7.92. The van der Waals surface area contributed by atoms with Crippen LogP contribution in [-0.2, 0) is 4.79 Å². The molecule has 0 unspecified atom stereocenters. The first-order valence-corrected chi connectivity index (χ1v) is 10.5. The van der Waals surface area contributed by atoms with Crippen LogP contribution in [0.1, 0.15) is 73.4 Å². The van der Waals surface area contributed by atoms with Crippen molar-refractivity contribution in [3.05, 3.63) is 65.2 Å². The summed E-state index contributed by atoms with van der Waals surface area (Å²) in [7, 11) is 0. The topological polar surface area (TPSA) is 43.4 Å². The maximum atomic E-state index is 12.6. The molecule has 3 heteroatoms. The predicted octanol–water partition coefficient (Wildman–Crippen LogP) is 6.13. The van der Waals surface area contributed by atoms with Gasteiger partial charge in [0, 0.05) is 11.1 Å². The normalized spacial score (nSPS) is 19.2. The summed E-state index contributed by atoms with van der Waals surface area (Å²) in [6.45, 7) is 4.11. The number of ketones is 1. The van der Waals surface area contributed by atoms with Crippen molar-refractivity contribution < 1.29 is 14.3 Å². The van der Waals surface area contributed by atoms with Gasteiger partial charge in [-0.1, -0.05) is 56.5 Å². The molecule has 2 aromatic rings. The number of rotatable bonds is 7. The molecule has 0 aliphatic heterocycles. The third-order valence-corrected chi connectivity index (χ3v) is 5.83. The molecule has 0 N–H and O–H groups in total. The fourth-order valence-corrected chi connectivity index (χ4v) is 4.03. The lowest BCUT2D eigenvalue weighted by Crippen LogP contribution is -2.26. The van der Waals surface area contributed by atoms with Crippen molar-refractivity contribution in [2.24, 2.45) is 11.8 Å². The molecule has 0 radical (unpaired) electrons. The van der Waals surface area contributed by atoms with Gasteiger partial charge in [-0.15, -0.1) is 0 Å². The number of hydrogen-bond acceptors (Lipinski definition) is 3. The monoisotopic (exact) mass is 378 g/mol. The van der Waals surface area contributed by atoms with Crippen LogP contribution in [0.4, 0.5) is 0 Å². The molecule has 0 amide bonds. The lowest BCUT2D eigenvalue weighted by Gasteiger charge is -2.27. The van der Waals surface area contributed by atoms with Crippen molar-refractivity contribution in [2.45, 2.75) is 58.8 Å². The SMILES string of the molecule is CCCCC1CCC(C(=O)Oc2ccc(C(=O)c3ccccc3)cc2C)CC1. The Morgan fingerprint density at radius 1 is 0.964 bits per heavy atom. The van der Waals surface area contributed by atoms with E-state index in [4.69, 9.17) is 4.74 Å². The zero-order valence-corrected chi connectivity index (χ0v) is 16.9. The van der Waals surface area contributed by atoms with E-state index in [1.54, 1.807) is 18.2 Å². The van der Waals surface area contributed by atoms with E-state index in [0.29, 0.717) is 16.9 Å². The van der Waals surface area contributed by atoms with Crippen LogP contribution in [0, 0.1) is 18.8 Å². The van der Waals surface area contributed by atoms with Crippen LogP contribution in [0.5, 0.6) is 5.75 Å². The van der Waals surface area contributed by atoms with E-state index in [0.717, 1.165) is 37.2 Å². The summed E-state index contributed by atoms with van der Waals surface area (Å²) < 4.78 is 5.69. The van der Waals surface area contributed by atoms with Gasteiger partial charge in [0.1, 0.15) is 5.75 Å². The van der Waals surface area contributed by atoms with Crippen molar-refractivity contribution in [3.8, 4) is 5.75 Å². The lowest BCUT2D eigenvalue weighted by atomic mass is 9.80. The second-order valence-corrected chi connectivity index (χ2v) is 7.96. The number of carbonyl (C=O) groups excluding carboxylic acids is 2. The predicted molar refractivity (Wildman–Crippen MR) is 112 cm³/mol. The van der Waals surface area contributed by atoms with Crippen LogP contribution in [-0.4, -0.2) is 11.8 Å². The third-order valence-electron chi connectivity index (χ3n) is 5.83. The minimum absolute atomic E-state index is 0.00269. The summed E-state index contributed by atoms with van der Waals surface area (Å²) in [4.78, 5) is 25.2. The van der Waals surface area contributed by atoms with E-state index >= 15 is 0 Å². The highest BCUT2D eigenvalue weighted by Gasteiger charge is 2.27. The smallest absolute Gasteiger partial charge is 0.314 e. The van der Waals surface area contributed by atoms with Gasteiger partial charge in [0.2, 0.25) is 0 Å². The average Bonchev–Trinajstić information content (AvgIpc) is 2.74. The zero-order chi connectivity index (χ0) is 19.9. The van der Waals surface area contributed by atoms with E-state index in [2.05, 4.69) is 6.92 Å². The Morgan fingerprint density at radius 2 is 1.68 bits per heavy atom. The molecule has 0 bridgehead atoms. The number of carbonyl (C=O) groups is 2. The van der Waals surface area contributed by atoms with E-state index in [1.807, 2.05) is 37.3 Å². The number of hydrogen-bond donors (Lipinski definition) is 0. The fourth-order valence-electron chi connectivity index (χ4n) is 4.03. The van der Waals surface area contributed by atoms with E-state index in [-0.39, 0.29) is 17.7 Å². The molecule has 148 valence electrons. The molecule has 1 aliphatic rings. The van der Waals surface area contributed by atoms with Crippen LogP contribution in [0.3, 0.4) is 0 Å². The number of benzene rings is 2. The maximum Gasteiger partial charge on any atom is 0.314 e. The minimum atomic E-state index is -0.126. The molecule has 0 saturated heterocycles. The Kier molecular flexibility index (Phi) is 7.02. The largest absolute Gasteiger partial charge is 0.426 e. The molecule has 0 atom stereocenters. The molecule has 3 rings (SSSR count). The quantitative estimate of drug-likeness (QED) is 0.331. The molecular weight excluding hydrogens is 348 g/mol. The van der Waals surface area contributed by atoms with Crippen molar-refractivity contribution in [1.82, 2.24) is 0 Å².